The Morgan fingerprint density at radius 3 is 2.11 bits per heavy atom. The van der Waals surface area contributed by atoms with Gasteiger partial charge in [0.2, 0.25) is 5.60 Å². The molecule has 5 N–H and O–H groups in total. The summed E-state index contributed by atoms with van der Waals surface area (Å²) >= 11 is 0. The maximum absolute atomic E-state index is 13.2. The molecular weight excluding hydrogens is 592 g/mol. The number of allylic oxidation sites excluding steroid dienone is 2. The van der Waals surface area contributed by atoms with Crippen LogP contribution in [0.1, 0.15) is 113 Å². The van der Waals surface area contributed by atoms with E-state index in [1.54, 1.807) is 12.5 Å². The van der Waals surface area contributed by atoms with Gasteiger partial charge in [-0.1, -0.05) is 53.2 Å². The molecule has 13 unspecified atom stereocenters. The van der Waals surface area contributed by atoms with Gasteiger partial charge in [-0.15, -0.1) is 0 Å². The summed E-state index contributed by atoms with van der Waals surface area (Å²) in [6.07, 6.45) is 5.31. The zero-order valence-corrected chi connectivity index (χ0v) is 28.5. The highest BCUT2D eigenvalue weighted by Gasteiger charge is 2.71. The number of aliphatic hydroxyl groups is 2. The average molecular weight is 647 g/mol. The number of hydrogen-bond acceptors (Lipinski definition) is 7. The van der Waals surface area contributed by atoms with E-state index in [-0.39, 0.29) is 23.2 Å². The minimum absolute atomic E-state index is 0.0195. The fraction of sp³-hybridized carbons (Fsp3) is 0.833. The molecule has 258 valence electrons. The standard InChI is InChI=1S/C36H54O10/c1-19-10-13-31(3)16-17-32(4)21(26(31)20(19)2)11-14-33(5)22(32)8-9-23-34(33,6)15-12-24(35(23,7)29(41)42)46-25(37)18-36(45,30(43)44)27(38)28(39)40/h11,19-20,22-24,26-27,38,45H,8-10,12-18H2,1-7H3,(H,39,40)(H,41,42)(H,43,44). The minimum Gasteiger partial charge on any atom is -0.481 e. The number of carbonyl (C=O) groups excluding carboxylic acids is 1. The van der Waals surface area contributed by atoms with Gasteiger partial charge in [-0.3, -0.25) is 9.59 Å². The van der Waals surface area contributed by atoms with Crippen LogP contribution in [0.2, 0.25) is 0 Å². The number of carbonyl (C=O) groups is 4. The Balaban J connectivity index is 1.46. The molecule has 0 aromatic carbocycles. The van der Waals surface area contributed by atoms with Crippen LogP contribution in [0.5, 0.6) is 0 Å². The summed E-state index contributed by atoms with van der Waals surface area (Å²) in [6, 6.07) is 0. The lowest BCUT2D eigenvalue weighted by Crippen LogP contribution is -2.67. The second-order valence-corrected chi connectivity index (χ2v) is 17.1. The predicted molar refractivity (Wildman–Crippen MR) is 167 cm³/mol. The van der Waals surface area contributed by atoms with Crippen molar-refractivity contribution in [3.63, 3.8) is 0 Å². The topological polar surface area (TPSA) is 179 Å². The molecule has 5 aliphatic rings. The van der Waals surface area contributed by atoms with E-state index < -0.39 is 58.9 Å². The third-order valence-electron chi connectivity index (χ3n) is 15.2. The van der Waals surface area contributed by atoms with Gasteiger partial charge in [0.05, 0.1) is 6.42 Å². The van der Waals surface area contributed by atoms with Gasteiger partial charge < -0.3 is 30.3 Å². The Hall–Kier alpha value is -2.46. The summed E-state index contributed by atoms with van der Waals surface area (Å²) in [4.78, 5) is 49.2. The van der Waals surface area contributed by atoms with Crippen LogP contribution in [0.15, 0.2) is 11.6 Å². The molecule has 4 fully saturated rings. The van der Waals surface area contributed by atoms with Gasteiger partial charge in [0, 0.05) is 0 Å². The largest absolute Gasteiger partial charge is 0.481 e. The van der Waals surface area contributed by atoms with Crippen LogP contribution in [-0.2, 0) is 23.9 Å². The van der Waals surface area contributed by atoms with Crippen molar-refractivity contribution in [1.82, 2.24) is 0 Å². The molecule has 13 atom stereocenters. The van der Waals surface area contributed by atoms with Crippen LogP contribution in [0, 0.1) is 56.7 Å². The number of aliphatic hydroxyl groups excluding tert-OH is 1. The van der Waals surface area contributed by atoms with Gasteiger partial charge in [-0.2, -0.15) is 0 Å². The lowest BCUT2D eigenvalue weighted by molar-refractivity contribution is -0.231. The molecule has 0 aliphatic heterocycles. The number of fused-ring (bicyclic) bond motifs is 7. The van der Waals surface area contributed by atoms with Crippen LogP contribution in [0.25, 0.3) is 0 Å². The normalized spacial score (nSPS) is 46.9. The van der Waals surface area contributed by atoms with Crippen LogP contribution >= 0.6 is 0 Å². The molecule has 4 saturated carbocycles. The smallest absolute Gasteiger partial charge is 0.339 e. The molecule has 0 heterocycles. The number of esters is 1. The first kappa shape index (κ1) is 34.9. The number of hydrogen-bond donors (Lipinski definition) is 5. The summed E-state index contributed by atoms with van der Waals surface area (Å²) in [7, 11) is 0. The van der Waals surface area contributed by atoms with Crippen molar-refractivity contribution >= 4 is 23.9 Å². The van der Waals surface area contributed by atoms with Gasteiger partial charge in [-0.05, 0) is 116 Å². The molecule has 0 aromatic rings. The van der Waals surface area contributed by atoms with E-state index in [1.165, 1.54) is 19.3 Å². The van der Waals surface area contributed by atoms with Crippen LogP contribution in [-0.4, -0.2) is 67.2 Å². The third kappa shape index (κ3) is 4.62. The van der Waals surface area contributed by atoms with Crippen molar-refractivity contribution in [2.75, 3.05) is 0 Å². The Morgan fingerprint density at radius 2 is 1.52 bits per heavy atom. The summed E-state index contributed by atoms with van der Waals surface area (Å²) in [5.74, 6) is -4.64. The fourth-order valence-corrected chi connectivity index (χ4v) is 11.9. The fourth-order valence-electron chi connectivity index (χ4n) is 11.9. The molecule has 0 bridgehead atoms. The highest BCUT2D eigenvalue weighted by Crippen LogP contribution is 2.75. The zero-order chi connectivity index (χ0) is 34.4. The Bertz CT molecular complexity index is 1340. The highest BCUT2D eigenvalue weighted by atomic mass is 16.5. The van der Waals surface area contributed by atoms with E-state index >= 15 is 0 Å². The van der Waals surface area contributed by atoms with Crippen molar-refractivity contribution < 1.29 is 49.4 Å². The van der Waals surface area contributed by atoms with E-state index in [0.29, 0.717) is 41.9 Å². The quantitative estimate of drug-likeness (QED) is 0.180. The lowest BCUT2D eigenvalue weighted by atomic mass is 9.33. The minimum atomic E-state index is -3.33. The molecule has 46 heavy (non-hydrogen) atoms. The van der Waals surface area contributed by atoms with Crippen molar-refractivity contribution in [1.29, 1.82) is 0 Å². The van der Waals surface area contributed by atoms with Crippen LogP contribution in [0.3, 0.4) is 0 Å². The number of ether oxygens (including phenoxy) is 1. The summed E-state index contributed by atoms with van der Waals surface area (Å²) in [5, 5.41) is 49.6. The molecule has 5 rings (SSSR count). The van der Waals surface area contributed by atoms with E-state index in [2.05, 4.69) is 47.6 Å². The van der Waals surface area contributed by atoms with Crippen molar-refractivity contribution in [2.24, 2.45) is 56.7 Å². The van der Waals surface area contributed by atoms with Gasteiger partial charge in [0.15, 0.2) is 6.10 Å². The molecule has 10 nitrogen and oxygen atoms in total. The van der Waals surface area contributed by atoms with Crippen molar-refractivity contribution in [3.8, 4) is 0 Å². The molecule has 0 spiro atoms. The van der Waals surface area contributed by atoms with Crippen LogP contribution in [0.4, 0.5) is 0 Å². The number of aliphatic carboxylic acids is 3. The first-order valence-electron chi connectivity index (χ1n) is 17.1. The second-order valence-electron chi connectivity index (χ2n) is 17.1. The Morgan fingerprint density at radius 1 is 0.891 bits per heavy atom. The Kier molecular flexibility index (Phi) is 8.37. The third-order valence-corrected chi connectivity index (χ3v) is 15.2. The monoisotopic (exact) mass is 646 g/mol. The number of carboxylic acids is 3. The number of carboxylic acid groups (broad SMARTS) is 3. The molecule has 5 aliphatic carbocycles. The first-order valence-corrected chi connectivity index (χ1v) is 17.1. The molecule has 10 heteroatoms. The maximum atomic E-state index is 13.2. The summed E-state index contributed by atoms with van der Waals surface area (Å²) < 4.78 is 5.65. The highest BCUT2D eigenvalue weighted by molar-refractivity contribution is 5.91. The number of rotatable bonds is 7. The molecule has 0 aromatic heterocycles. The molecule has 0 saturated heterocycles. The van der Waals surface area contributed by atoms with E-state index in [1.807, 2.05) is 0 Å². The SMILES string of the molecule is CC1CCC2(C)CCC3(C)C(=CCC4(C)C3CCC3C(C)(C(=O)O)C(OC(=O)CC(O)(C(=O)O)C(O)C(=O)O)CCC34C)C2C1C. The average Bonchev–Trinajstić information content (AvgIpc) is 2.97. The van der Waals surface area contributed by atoms with Gasteiger partial charge >= 0.3 is 23.9 Å². The van der Waals surface area contributed by atoms with Gasteiger partial charge in [-0.25, -0.2) is 9.59 Å². The lowest BCUT2D eigenvalue weighted by Gasteiger charge is -2.71. The molecule has 0 amide bonds. The predicted octanol–water partition coefficient (Wildman–Crippen LogP) is 5.29. The maximum Gasteiger partial charge on any atom is 0.339 e. The van der Waals surface area contributed by atoms with E-state index in [4.69, 9.17) is 9.84 Å². The molecule has 0 radical (unpaired) electrons. The Labute approximate surface area is 272 Å². The van der Waals surface area contributed by atoms with Crippen molar-refractivity contribution in [3.05, 3.63) is 11.6 Å². The summed E-state index contributed by atoms with van der Waals surface area (Å²) in [6.45, 7) is 16.0. The molecular formula is C36H54O10. The summed E-state index contributed by atoms with van der Waals surface area (Å²) in [5.41, 5.74) is -3.48. The first-order chi connectivity index (χ1) is 21.1. The van der Waals surface area contributed by atoms with Crippen molar-refractivity contribution in [2.45, 2.75) is 130 Å². The van der Waals surface area contributed by atoms with Gasteiger partial charge in [0.25, 0.3) is 0 Å². The van der Waals surface area contributed by atoms with Crippen LogP contribution < -0.4 is 0 Å². The second kappa shape index (κ2) is 11.0. The zero-order valence-electron chi connectivity index (χ0n) is 28.5. The van der Waals surface area contributed by atoms with E-state index in [0.717, 1.165) is 19.3 Å². The van der Waals surface area contributed by atoms with Gasteiger partial charge in [0.1, 0.15) is 11.5 Å². The van der Waals surface area contributed by atoms with E-state index in [9.17, 15) is 39.6 Å².